The minimum absolute atomic E-state index is 0.271. The van der Waals surface area contributed by atoms with Crippen LogP contribution in [0, 0.1) is 11.6 Å². The Bertz CT molecular complexity index is 421. The van der Waals surface area contributed by atoms with Gasteiger partial charge in [-0.15, -0.1) is 0 Å². The SMILES string of the molecule is CC(C)(CCBr)NC(=O)c1cc(F)ccc1F. The molecule has 5 heteroatoms. The molecule has 1 rings (SSSR count). The Labute approximate surface area is 108 Å². The second kappa shape index (κ2) is 5.58. The van der Waals surface area contributed by atoms with Crippen molar-refractivity contribution >= 4 is 21.8 Å². The lowest BCUT2D eigenvalue weighted by Crippen LogP contribution is -2.44. The average Bonchev–Trinajstić information content (AvgIpc) is 2.20. The molecule has 0 aliphatic carbocycles. The van der Waals surface area contributed by atoms with Gasteiger partial charge in [-0.1, -0.05) is 15.9 Å². The summed E-state index contributed by atoms with van der Waals surface area (Å²) in [6.45, 7) is 3.65. The Hall–Kier alpha value is -0.970. The topological polar surface area (TPSA) is 29.1 Å². The minimum atomic E-state index is -0.724. The van der Waals surface area contributed by atoms with Crippen molar-refractivity contribution in [1.82, 2.24) is 5.32 Å². The van der Waals surface area contributed by atoms with Crippen molar-refractivity contribution in [3.63, 3.8) is 0 Å². The molecule has 0 aromatic heterocycles. The lowest BCUT2D eigenvalue weighted by atomic mass is 10.0. The van der Waals surface area contributed by atoms with Crippen LogP contribution in [-0.2, 0) is 0 Å². The maximum Gasteiger partial charge on any atom is 0.254 e. The van der Waals surface area contributed by atoms with Crippen LogP contribution < -0.4 is 5.32 Å². The van der Waals surface area contributed by atoms with E-state index in [4.69, 9.17) is 0 Å². The van der Waals surface area contributed by atoms with Crippen molar-refractivity contribution in [3.05, 3.63) is 35.4 Å². The molecule has 0 spiro atoms. The van der Waals surface area contributed by atoms with Crippen LogP contribution in [0.25, 0.3) is 0 Å². The first kappa shape index (κ1) is 14.1. The van der Waals surface area contributed by atoms with Crippen LogP contribution in [0.2, 0.25) is 0 Å². The second-order valence-corrected chi connectivity index (χ2v) is 5.19. The Morgan fingerprint density at radius 1 is 1.41 bits per heavy atom. The van der Waals surface area contributed by atoms with Gasteiger partial charge in [0.25, 0.3) is 5.91 Å². The number of amides is 1. The van der Waals surface area contributed by atoms with E-state index < -0.39 is 23.1 Å². The number of halogens is 3. The summed E-state index contributed by atoms with van der Waals surface area (Å²) in [5, 5.41) is 3.38. The van der Waals surface area contributed by atoms with Gasteiger partial charge < -0.3 is 5.32 Å². The third-order valence-electron chi connectivity index (χ3n) is 2.34. The molecule has 1 amide bonds. The van der Waals surface area contributed by atoms with Gasteiger partial charge in [-0.3, -0.25) is 4.79 Å². The van der Waals surface area contributed by atoms with E-state index in [2.05, 4.69) is 21.2 Å². The fourth-order valence-electron chi connectivity index (χ4n) is 1.34. The molecule has 17 heavy (non-hydrogen) atoms. The Kier molecular flexibility index (Phi) is 4.62. The van der Waals surface area contributed by atoms with Crippen LogP contribution in [0.1, 0.15) is 30.6 Å². The van der Waals surface area contributed by atoms with E-state index in [1.165, 1.54) is 0 Å². The summed E-state index contributed by atoms with van der Waals surface area (Å²) in [6.07, 6.45) is 0.690. The first-order valence-electron chi connectivity index (χ1n) is 5.19. The van der Waals surface area contributed by atoms with Crippen LogP contribution >= 0.6 is 15.9 Å². The lowest BCUT2D eigenvalue weighted by molar-refractivity contribution is 0.0907. The van der Waals surface area contributed by atoms with Gasteiger partial charge in [0.05, 0.1) is 5.56 Å². The fourth-order valence-corrected chi connectivity index (χ4v) is 2.34. The van der Waals surface area contributed by atoms with Gasteiger partial charge in [0.15, 0.2) is 0 Å². The highest BCUT2D eigenvalue weighted by molar-refractivity contribution is 9.09. The van der Waals surface area contributed by atoms with Crippen LogP contribution in [0.4, 0.5) is 8.78 Å². The first-order chi connectivity index (χ1) is 7.85. The highest BCUT2D eigenvalue weighted by Crippen LogP contribution is 2.14. The molecule has 0 fully saturated rings. The zero-order chi connectivity index (χ0) is 13.1. The number of hydrogen-bond acceptors (Lipinski definition) is 1. The van der Waals surface area contributed by atoms with Crippen LogP contribution in [0.3, 0.4) is 0 Å². The van der Waals surface area contributed by atoms with E-state index in [0.29, 0.717) is 11.8 Å². The summed E-state index contributed by atoms with van der Waals surface area (Å²) >= 11 is 3.27. The number of benzene rings is 1. The summed E-state index contributed by atoms with van der Waals surface area (Å²) in [4.78, 5) is 11.8. The minimum Gasteiger partial charge on any atom is -0.347 e. The molecule has 0 saturated carbocycles. The maximum absolute atomic E-state index is 13.3. The standard InChI is InChI=1S/C12H14BrF2NO/c1-12(2,5-6-13)16-11(17)9-7-8(14)3-4-10(9)15/h3-4,7H,5-6H2,1-2H3,(H,16,17). The van der Waals surface area contributed by atoms with Gasteiger partial charge in [-0.25, -0.2) is 8.78 Å². The number of rotatable bonds is 4. The van der Waals surface area contributed by atoms with E-state index in [1.54, 1.807) is 0 Å². The molecule has 1 aromatic rings. The van der Waals surface area contributed by atoms with Gasteiger partial charge >= 0.3 is 0 Å². The predicted molar refractivity (Wildman–Crippen MR) is 66.3 cm³/mol. The largest absolute Gasteiger partial charge is 0.347 e. The van der Waals surface area contributed by atoms with Crippen molar-refractivity contribution in [2.24, 2.45) is 0 Å². The molecule has 0 unspecified atom stereocenters. The highest BCUT2D eigenvalue weighted by atomic mass is 79.9. The Morgan fingerprint density at radius 3 is 2.65 bits per heavy atom. The van der Waals surface area contributed by atoms with Gasteiger partial charge in [0.2, 0.25) is 0 Å². The molecule has 1 N–H and O–H groups in total. The van der Waals surface area contributed by atoms with Crippen molar-refractivity contribution in [1.29, 1.82) is 0 Å². The zero-order valence-electron chi connectivity index (χ0n) is 9.69. The summed E-state index contributed by atoms with van der Waals surface area (Å²) in [5.41, 5.74) is -0.744. The van der Waals surface area contributed by atoms with Crippen LogP contribution in [0.5, 0.6) is 0 Å². The van der Waals surface area contributed by atoms with E-state index in [0.717, 1.165) is 18.2 Å². The lowest BCUT2D eigenvalue weighted by Gasteiger charge is -2.25. The van der Waals surface area contributed by atoms with Gasteiger partial charge in [0.1, 0.15) is 11.6 Å². The van der Waals surface area contributed by atoms with Crippen LogP contribution in [0.15, 0.2) is 18.2 Å². The van der Waals surface area contributed by atoms with E-state index in [-0.39, 0.29) is 5.56 Å². The smallest absolute Gasteiger partial charge is 0.254 e. The zero-order valence-corrected chi connectivity index (χ0v) is 11.3. The predicted octanol–water partition coefficient (Wildman–Crippen LogP) is 3.26. The van der Waals surface area contributed by atoms with Gasteiger partial charge in [-0.2, -0.15) is 0 Å². The first-order valence-corrected chi connectivity index (χ1v) is 6.31. The molecular formula is C12H14BrF2NO. The molecule has 2 nitrogen and oxygen atoms in total. The van der Waals surface area contributed by atoms with Crippen LogP contribution in [-0.4, -0.2) is 16.8 Å². The maximum atomic E-state index is 13.3. The monoisotopic (exact) mass is 305 g/mol. The summed E-state index contributed by atoms with van der Waals surface area (Å²) < 4.78 is 26.3. The number of hydrogen-bond donors (Lipinski definition) is 1. The van der Waals surface area contributed by atoms with Crippen molar-refractivity contribution < 1.29 is 13.6 Å². The summed E-state index contributed by atoms with van der Waals surface area (Å²) in [7, 11) is 0. The number of carbonyl (C=O) groups excluding carboxylic acids is 1. The van der Waals surface area contributed by atoms with Crippen molar-refractivity contribution in [3.8, 4) is 0 Å². The normalized spacial score (nSPS) is 11.4. The molecule has 0 saturated heterocycles. The van der Waals surface area contributed by atoms with E-state index in [1.807, 2.05) is 13.8 Å². The molecule has 0 atom stereocenters. The molecule has 0 radical (unpaired) electrons. The number of nitrogens with one attached hydrogen (secondary N) is 1. The molecule has 0 aliphatic heterocycles. The molecule has 0 bridgehead atoms. The molecule has 0 heterocycles. The average molecular weight is 306 g/mol. The summed E-state index contributed by atoms with van der Waals surface area (Å²) in [5.74, 6) is -1.96. The van der Waals surface area contributed by atoms with Gasteiger partial charge in [-0.05, 0) is 38.5 Å². The third kappa shape index (κ3) is 4.07. The highest BCUT2D eigenvalue weighted by Gasteiger charge is 2.22. The van der Waals surface area contributed by atoms with E-state index >= 15 is 0 Å². The summed E-state index contributed by atoms with van der Waals surface area (Å²) in [6, 6.07) is 2.83. The number of carbonyl (C=O) groups is 1. The van der Waals surface area contributed by atoms with Crippen molar-refractivity contribution in [2.45, 2.75) is 25.8 Å². The molecule has 0 aliphatic rings. The quantitative estimate of drug-likeness (QED) is 0.850. The Morgan fingerprint density at radius 2 is 2.06 bits per heavy atom. The second-order valence-electron chi connectivity index (χ2n) is 4.40. The molecular weight excluding hydrogens is 292 g/mol. The molecule has 94 valence electrons. The van der Waals surface area contributed by atoms with Crippen molar-refractivity contribution in [2.75, 3.05) is 5.33 Å². The fraction of sp³-hybridized carbons (Fsp3) is 0.417. The van der Waals surface area contributed by atoms with Gasteiger partial charge in [0, 0.05) is 10.9 Å². The Balaban J connectivity index is 2.86. The number of alkyl halides is 1. The third-order valence-corrected chi connectivity index (χ3v) is 2.74. The molecule has 1 aromatic carbocycles. The van der Waals surface area contributed by atoms with E-state index in [9.17, 15) is 13.6 Å².